The van der Waals surface area contributed by atoms with Gasteiger partial charge in [0.05, 0.1) is 11.1 Å². The Morgan fingerprint density at radius 1 is 1.26 bits per heavy atom. The van der Waals surface area contributed by atoms with Crippen molar-refractivity contribution in [3.8, 4) is 5.75 Å². The fourth-order valence-electron chi connectivity index (χ4n) is 2.35. The second kappa shape index (κ2) is 6.02. The second-order valence-corrected chi connectivity index (χ2v) is 5.91. The van der Waals surface area contributed by atoms with E-state index in [9.17, 15) is 9.90 Å². The highest BCUT2D eigenvalue weighted by atomic mass is 35.5. The van der Waals surface area contributed by atoms with Gasteiger partial charge < -0.3 is 9.84 Å². The standard InChI is InChI=1S/C14H16Cl2O3/c1-8-2-4-10(5-3-8)19-13-11(14(17)18)6-9(15)7-12(13)16/h6-8,10H,2-5H2,1H3,(H,17,18). The Morgan fingerprint density at radius 2 is 1.89 bits per heavy atom. The van der Waals surface area contributed by atoms with Crippen molar-refractivity contribution in [1.82, 2.24) is 0 Å². The average Bonchev–Trinajstić information content (AvgIpc) is 2.34. The lowest BCUT2D eigenvalue weighted by atomic mass is 9.89. The van der Waals surface area contributed by atoms with E-state index in [1.165, 1.54) is 12.1 Å². The SMILES string of the molecule is CC1CCC(Oc2c(Cl)cc(Cl)cc2C(=O)O)CC1. The van der Waals surface area contributed by atoms with Crippen molar-refractivity contribution in [3.05, 3.63) is 27.7 Å². The predicted octanol–water partition coefficient (Wildman–Crippen LogP) is 4.65. The van der Waals surface area contributed by atoms with Crippen LogP contribution in [0, 0.1) is 5.92 Å². The number of carboxylic acid groups (broad SMARTS) is 1. The molecule has 2 rings (SSSR count). The lowest BCUT2D eigenvalue weighted by Gasteiger charge is -2.27. The van der Waals surface area contributed by atoms with Gasteiger partial charge in [-0.3, -0.25) is 0 Å². The summed E-state index contributed by atoms with van der Waals surface area (Å²) in [5.41, 5.74) is 0.0242. The molecular weight excluding hydrogens is 287 g/mol. The van der Waals surface area contributed by atoms with Crippen LogP contribution in [0.5, 0.6) is 5.75 Å². The van der Waals surface area contributed by atoms with E-state index in [1.807, 2.05) is 0 Å². The van der Waals surface area contributed by atoms with E-state index in [-0.39, 0.29) is 22.4 Å². The summed E-state index contributed by atoms with van der Waals surface area (Å²) >= 11 is 11.9. The van der Waals surface area contributed by atoms with E-state index in [0.717, 1.165) is 25.7 Å². The average molecular weight is 303 g/mol. The van der Waals surface area contributed by atoms with E-state index in [2.05, 4.69) is 6.92 Å². The zero-order valence-corrected chi connectivity index (χ0v) is 12.2. The van der Waals surface area contributed by atoms with Crippen molar-refractivity contribution >= 4 is 29.2 Å². The third kappa shape index (κ3) is 3.54. The number of hydrogen-bond donors (Lipinski definition) is 1. The number of rotatable bonds is 3. The molecule has 0 radical (unpaired) electrons. The molecule has 1 aromatic rings. The number of carbonyl (C=O) groups is 1. The van der Waals surface area contributed by atoms with Gasteiger partial charge in [0, 0.05) is 5.02 Å². The maximum absolute atomic E-state index is 11.2. The third-order valence-electron chi connectivity index (χ3n) is 3.49. The van der Waals surface area contributed by atoms with Gasteiger partial charge in [0.15, 0.2) is 5.75 Å². The number of carboxylic acids is 1. The third-order valence-corrected chi connectivity index (χ3v) is 3.99. The van der Waals surface area contributed by atoms with Crippen molar-refractivity contribution in [3.63, 3.8) is 0 Å². The van der Waals surface area contributed by atoms with Crippen LogP contribution < -0.4 is 4.74 Å². The molecule has 1 aromatic carbocycles. The second-order valence-electron chi connectivity index (χ2n) is 5.07. The highest BCUT2D eigenvalue weighted by Crippen LogP contribution is 2.35. The summed E-state index contributed by atoms with van der Waals surface area (Å²) < 4.78 is 5.81. The smallest absolute Gasteiger partial charge is 0.339 e. The molecule has 5 heteroatoms. The van der Waals surface area contributed by atoms with Crippen molar-refractivity contribution in [2.24, 2.45) is 5.92 Å². The Hall–Kier alpha value is -0.930. The van der Waals surface area contributed by atoms with Gasteiger partial charge in [0.1, 0.15) is 5.56 Å². The van der Waals surface area contributed by atoms with Gasteiger partial charge in [-0.25, -0.2) is 4.79 Å². The molecule has 104 valence electrons. The van der Waals surface area contributed by atoms with Gasteiger partial charge in [-0.05, 0) is 43.7 Å². The molecule has 1 fully saturated rings. The Kier molecular flexibility index (Phi) is 4.58. The first-order valence-corrected chi connectivity index (χ1v) is 7.12. The van der Waals surface area contributed by atoms with E-state index in [4.69, 9.17) is 27.9 Å². The fraction of sp³-hybridized carbons (Fsp3) is 0.500. The molecule has 0 spiro atoms. The summed E-state index contributed by atoms with van der Waals surface area (Å²) in [5, 5.41) is 9.74. The molecule has 1 aliphatic rings. The van der Waals surface area contributed by atoms with E-state index >= 15 is 0 Å². The summed E-state index contributed by atoms with van der Waals surface area (Å²) in [6, 6.07) is 2.88. The lowest BCUT2D eigenvalue weighted by Crippen LogP contribution is -2.24. The normalized spacial score (nSPS) is 23.1. The van der Waals surface area contributed by atoms with E-state index in [1.54, 1.807) is 0 Å². The van der Waals surface area contributed by atoms with Crippen molar-refractivity contribution in [1.29, 1.82) is 0 Å². The molecule has 19 heavy (non-hydrogen) atoms. The summed E-state index contributed by atoms with van der Waals surface area (Å²) in [6.45, 7) is 2.22. The summed E-state index contributed by atoms with van der Waals surface area (Å²) in [4.78, 5) is 11.2. The number of benzene rings is 1. The molecule has 0 bridgehead atoms. The number of ether oxygens (including phenoxy) is 1. The molecule has 0 aromatic heterocycles. The highest BCUT2D eigenvalue weighted by molar-refractivity contribution is 6.36. The van der Waals surface area contributed by atoms with Crippen LogP contribution in [0.2, 0.25) is 10.0 Å². The van der Waals surface area contributed by atoms with Gasteiger partial charge in [-0.15, -0.1) is 0 Å². The van der Waals surface area contributed by atoms with Crippen LogP contribution in [0.15, 0.2) is 12.1 Å². The van der Waals surface area contributed by atoms with Crippen LogP contribution in [-0.4, -0.2) is 17.2 Å². The predicted molar refractivity (Wildman–Crippen MR) is 75.5 cm³/mol. The van der Waals surface area contributed by atoms with Gasteiger partial charge in [-0.2, -0.15) is 0 Å². The van der Waals surface area contributed by atoms with Crippen LogP contribution in [-0.2, 0) is 0 Å². The monoisotopic (exact) mass is 302 g/mol. The van der Waals surface area contributed by atoms with Crippen LogP contribution in [0.25, 0.3) is 0 Å². The fourth-order valence-corrected chi connectivity index (χ4v) is 2.89. The number of aromatic carboxylic acids is 1. The van der Waals surface area contributed by atoms with E-state index < -0.39 is 5.97 Å². The van der Waals surface area contributed by atoms with Gasteiger partial charge in [0.2, 0.25) is 0 Å². The van der Waals surface area contributed by atoms with Gasteiger partial charge in [0.25, 0.3) is 0 Å². The van der Waals surface area contributed by atoms with Crippen LogP contribution in [0.4, 0.5) is 0 Å². The molecule has 0 atom stereocenters. The molecule has 0 heterocycles. The largest absolute Gasteiger partial charge is 0.488 e. The Morgan fingerprint density at radius 3 is 2.47 bits per heavy atom. The van der Waals surface area contributed by atoms with Crippen LogP contribution >= 0.6 is 23.2 Å². The molecule has 3 nitrogen and oxygen atoms in total. The summed E-state index contributed by atoms with van der Waals surface area (Å²) in [5.74, 6) is -0.138. The molecule has 0 amide bonds. The molecule has 1 N–H and O–H groups in total. The number of halogens is 2. The Bertz CT molecular complexity index is 480. The van der Waals surface area contributed by atoms with Gasteiger partial charge >= 0.3 is 5.97 Å². The molecule has 1 aliphatic carbocycles. The van der Waals surface area contributed by atoms with Crippen molar-refractivity contribution in [2.45, 2.75) is 38.7 Å². The summed E-state index contributed by atoms with van der Waals surface area (Å²) in [6.07, 6.45) is 4.09. The topological polar surface area (TPSA) is 46.5 Å². The van der Waals surface area contributed by atoms with Crippen LogP contribution in [0.3, 0.4) is 0 Å². The Balaban J connectivity index is 2.21. The molecule has 0 saturated heterocycles. The minimum absolute atomic E-state index is 0.0242. The first kappa shape index (κ1) is 14.5. The maximum atomic E-state index is 11.2. The minimum Gasteiger partial charge on any atom is -0.488 e. The molecule has 0 aliphatic heterocycles. The molecule has 1 saturated carbocycles. The molecular formula is C14H16Cl2O3. The number of hydrogen-bond acceptors (Lipinski definition) is 2. The van der Waals surface area contributed by atoms with Gasteiger partial charge in [-0.1, -0.05) is 30.1 Å². The van der Waals surface area contributed by atoms with Crippen molar-refractivity contribution < 1.29 is 14.6 Å². The zero-order chi connectivity index (χ0) is 14.0. The Labute approximate surface area is 122 Å². The lowest BCUT2D eigenvalue weighted by molar-refractivity contribution is 0.0684. The summed E-state index contributed by atoms with van der Waals surface area (Å²) in [7, 11) is 0. The first-order chi connectivity index (χ1) is 8.97. The minimum atomic E-state index is -1.08. The van der Waals surface area contributed by atoms with E-state index in [0.29, 0.717) is 10.9 Å². The van der Waals surface area contributed by atoms with Crippen LogP contribution in [0.1, 0.15) is 43.0 Å². The maximum Gasteiger partial charge on any atom is 0.339 e. The molecule has 0 unspecified atom stereocenters. The zero-order valence-electron chi connectivity index (χ0n) is 10.7. The van der Waals surface area contributed by atoms with Crippen molar-refractivity contribution in [2.75, 3.05) is 0 Å². The highest BCUT2D eigenvalue weighted by Gasteiger charge is 2.23. The first-order valence-electron chi connectivity index (χ1n) is 6.36. The quantitative estimate of drug-likeness (QED) is 0.884.